The third-order valence-electron chi connectivity index (χ3n) is 7.92. The molecule has 0 spiro atoms. The molecule has 0 saturated heterocycles. The fourth-order valence-corrected chi connectivity index (χ4v) is 6.49. The van der Waals surface area contributed by atoms with Crippen LogP contribution in [-0.2, 0) is 0 Å². The van der Waals surface area contributed by atoms with Gasteiger partial charge in [-0.25, -0.2) is 9.97 Å². The number of benzene rings is 1. The average molecular weight is 436 g/mol. The van der Waals surface area contributed by atoms with Crippen LogP contribution >= 0.6 is 11.3 Å². The van der Waals surface area contributed by atoms with E-state index in [1.165, 1.54) is 17.5 Å². The van der Waals surface area contributed by atoms with Crippen molar-refractivity contribution >= 4 is 33.3 Å². The molecule has 0 amide bonds. The SMILES string of the molecule is CC1C(Nc2nc(N(C)C)nc(C3CC3)c2-c2nc3ccccc3s2)CC2C(O)C12C. The number of hydrogen-bond acceptors (Lipinski definition) is 7. The van der Waals surface area contributed by atoms with Gasteiger partial charge in [-0.3, -0.25) is 0 Å². The summed E-state index contributed by atoms with van der Waals surface area (Å²) >= 11 is 1.72. The van der Waals surface area contributed by atoms with Crippen LogP contribution in [0.25, 0.3) is 20.8 Å². The zero-order valence-electron chi connectivity index (χ0n) is 18.5. The van der Waals surface area contributed by atoms with Crippen LogP contribution in [0.15, 0.2) is 24.3 Å². The lowest BCUT2D eigenvalue weighted by molar-refractivity contribution is 0.175. The Morgan fingerprint density at radius 3 is 2.58 bits per heavy atom. The first kappa shape index (κ1) is 19.4. The number of fused-ring (bicyclic) bond motifs is 2. The second kappa shape index (κ2) is 6.62. The maximum absolute atomic E-state index is 10.3. The Morgan fingerprint density at radius 1 is 1.16 bits per heavy atom. The molecule has 2 aromatic heterocycles. The first-order chi connectivity index (χ1) is 14.9. The molecule has 0 radical (unpaired) electrons. The van der Waals surface area contributed by atoms with Crippen molar-refractivity contribution < 1.29 is 5.11 Å². The quantitative estimate of drug-likeness (QED) is 0.614. The van der Waals surface area contributed by atoms with Crippen molar-refractivity contribution in [1.29, 1.82) is 0 Å². The third kappa shape index (κ3) is 2.89. The number of aromatic nitrogens is 3. The van der Waals surface area contributed by atoms with Gasteiger partial charge in [-0.1, -0.05) is 26.0 Å². The van der Waals surface area contributed by atoms with Gasteiger partial charge in [0.25, 0.3) is 0 Å². The molecule has 3 aliphatic carbocycles. The van der Waals surface area contributed by atoms with E-state index in [0.717, 1.165) is 40.0 Å². The van der Waals surface area contributed by atoms with Gasteiger partial charge in [-0.2, -0.15) is 4.98 Å². The summed E-state index contributed by atoms with van der Waals surface area (Å²) in [5.41, 5.74) is 3.26. The molecule has 31 heavy (non-hydrogen) atoms. The fourth-order valence-electron chi connectivity index (χ4n) is 5.47. The number of hydrogen-bond donors (Lipinski definition) is 2. The number of nitrogens with zero attached hydrogens (tertiary/aromatic N) is 4. The minimum atomic E-state index is -0.158. The first-order valence-electron chi connectivity index (χ1n) is 11.3. The fraction of sp³-hybridized carbons (Fsp3) is 0.542. The summed E-state index contributed by atoms with van der Waals surface area (Å²) in [6.07, 6.45) is 3.17. The topological polar surface area (TPSA) is 74.2 Å². The zero-order chi connectivity index (χ0) is 21.5. The molecule has 2 heterocycles. The lowest BCUT2D eigenvalue weighted by atomic mass is 9.90. The molecule has 3 aromatic rings. The van der Waals surface area contributed by atoms with Gasteiger partial charge in [-0.15, -0.1) is 11.3 Å². The highest BCUT2D eigenvalue weighted by molar-refractivity contribution is 7.21. The molecule has 0 bridgehead atoms. The van der Waals surface area contributed by atoms with E-state index in [2.05, 4.69) is 37.4 Å². The van der Waals surface area contributed by atoms with Gasteiger partial charge in [0.15, 0.2) is 0 Å². The molecule has 6 rings (SSSR count). The molecule has 1 aromatic carbocycles. The van der Waals surface area contributed by atoms with Crippen LogP contribution in [0.2, 0.25) is 0 Å². The summed E-state index contributed by atoms with van der Waals surface area (Å²) < 4.78 is 1.19. The lowest BCUT2D eigenvalue weighted by Crippen LogP contribution is -2.31. The van der Waals surface area contributed by atoms with Crippen molar-refractivity contribution in [3.05, 3.63) is 30.0 Å². The Labute approximate surface area is 186 Å². The molecule has 2 N–H and O–H groups in total. The largest absolute Gasteiger partial charge is 0.392 e. The maximum Gasteiger partial charge on any atom is 0.227 e. The summed E-state index contributed by atoms with van der Waals surface area (Å²) in [7, 11) is 4.00. The second-order valence-electron chi connectivity index (χ2n) is 9.98. The Morgan fingerprint density at radius 2 is 1.94 bits per heavy atom. The molecule has 7 heteroatoms. The molecule has 3 saturated carbocycles. The second-order valence-corrected chi connectivity index (χ2v) is 11.0. The van der Waals surface area contributed by atoms with Crippen LogP contribution in [0, 0.1) is 17.3 Å². The van der Waals surface area contributed by atoms with Crippen LogP contribution in [0.1, 0.15) is 44.7 Å². The van der Waals surface area contributed by atoms with Gasteiger partial charge in [0.05, 0.1) is 27.6 Å². The van der Waals surface area contributed by atoms with E-state index >= 15 is 0 Å². The molecule has 3 fully saturated rings. The highest BCUT2D eigenvalue weighted by atomic mass is 32.1. The van der Waals surface area contributed by atoms with E-state index < -0.39 is 0 Å². The van der Waals surface area contributed by atoms with Crippen molar-refractivity contribution in [2.24, 2.45) is 17.3 Å². The third-order valence-corrected chi connectivity index (χ3v) is 8.97. The standard InChI is InChI=1S/C24H29N5OS/c1-12-16(11-14-20(30)24(12,14)2)25-21-18(22-26-15-7-5-6-8-17(15)31-22)19(13-9-10-13)27-23(28-21)29(3)4/h5-8,12-14,16,20,30H,9-11H2,1-4H3,(H,25,27,28). The van der Waals surface area contributed by atoms with E-state index in [4.69, 9.17) is 15.0 Å². The number of para-hydroxylation sites is 1. The van der Waals surface area contributed by atoms with E-state index in [0.29, 0.717) is 23.8 Å². The number of thiazole rings is 1. The van der Waals surface area contributed by atoms with Crippen molar-refractivity contribution in [3.8, 4) is 10.6 Å². The molecule has 0 aliphatic heterocycles. The average Bonchev–Trinajstić information content (AvgIpc) is 3.60. The van der Waals surface area contributed by atoms with Gasteiger partial charge in [0, 0.05) is 31.5 Å². The van der Waals surface area contributed by atoms with E-state index in [1.807, 2.05) is 25.1 Å². The summed E-state index contributed by atoms with van der Waals surface area (Å²) in [4.78, 5) is 16.9. The number of anilines is 2. The maximum atomic E-state index is 10.3. The summed E-state index contributed by atoms with van der Waals surface area (Å²) in [5, 5.41) is 15.1. The van der Waals surface area contributed by atoms with Gasteiger partial charge >= 0.3 is 0 Å². The predicted molar refractivity (Wildman–Crippen MR) is 126 cm³/mol. The number of nitrogens with one attached hydrogen (secondary N) is 1. The number of rotatable bonds is 5. The smallest absolute Gasteiger partial charge is 0.227 e. The molecule has 162 valence electrons. The van der Waals surface area contributed by atoms with Crippen molar-refractivity contribution in [1.82, 2.24) is 15.0 Å². The Hall–Kier alpha value is -2.25. The Balaban J connectivity index is 1.47. The highest BCUT2D eigenvalue weighted by Gasteiger charge is 2.69. The summed E-state index contributed by atoms with van der Waals surface area (Å²) in [6, 6.07) is 8.60. The minimum Gasteiger partial charge on any atom is -0.392 e. The van der Waals surface area contributed by atoms with Gasteiger partial charge in [0.1, 0.15) is 10.8 Å². The summed E-state index contributed by atoms with van der Waals surface area (Å²) in [5.74, 6) is 2.91. The monoisotopic (exact) mass is 435 g/mol. The van der Waals surface area contributed by atoms with Crippen molar-refractivity contribution in [2.75, 3.05) is 24.3 Å². The van der Waals surface area contributed by atoms with Gasteiger partial charge in [-0.05, 0) is 43.2 Å². The van der Waals surface area contributed by atoms with Crippen LogP contribution in [-0.4, -0.2) is 46.3 Å². The Kier molecular flexibility index (Phi) is 4.15. The first-order valence-corrected chi connectivity index (χ1v) is 12.1. The van der Waals surface area contributed by atoms with E-state index in [-0.39, 0.29) is 11.5 Å². The number of aliphatic hydroxyl groups excluding tert-OH is 1. The van der Waals surface area contributed by atoms with E-state index in [1.54, 1.807) is 11.3 Å². The molecule has 5 unspecified atom stereocenters. The number of aliphatic hydroxyl groups is 1. The van der Waals surface area contributed by atoms with Crippen LogP contribution in [0.3, 0.4) is 0 Å². The Bertz CT molecular complexity index is 1140. The predicted octanol–water partition coefficient (Wildman–Crippen LogP) is 4.51. The van der Waals surface area contributed by atoms with Gasteiger partial charge < -0.3 is 15.3 Å². The minimum absolute atomic E-state index is 0.0322. The van der Waals surface area contributed by atoms with Crippen LogP contribution < -0.4 is 10.2 Å². The van der Waals surface area contributed by atoms with Crippen LogP contribution in [0.4, 0.5) is 11.8 Å². The van der Waals surface area contributed by atoms with Crippen LogP contribution in [0.5, 0.6) is 0 Å². The van der Waals surface area contributed by atoms with E-state index in [9.17, 15) is 5.11 Å². The molecular formula is C24H29N5OS. The molecule has 6 nitrogen and oxygen atoms in total. The van der Waals surface area contributed by atoms with Gasteiger partial charge in [0.2, 0.25) is 5.95 Å². The van der Waals surface area contributed by atoms with Crippen molar-refractivity contribution in [3.63, 3.8) is 0 Å². The zero-order valence-corrected chi connectivity index (χ0v) is 19.3. The van der Waals surface area contributed by atoms with Crippen molar-refractivity contribution in [2.45, 2.75) is 51.2 Å². The molecule has 5 atom stereocenters. The highest BCUT2D eigenvalue weighted by Crippen LogP contribution is 2.66. The summed E-state index contributed by atoms with van der Waals surface area (Å²) in [6.45, 7) is 4.49. The molecule has 3 aliphatic rings. The molecular weight excluding hydrogens is 406 g/mol. The normalized spacial score (nSPS) is 31.6. The lowest BCUT2D eigenvalue weighted by Gasteiger charge is -2.27.